The molecule has 1 atom stereocenters. The lowest BCUT2D eigenvalue weighted by atomic mass is 10.0. The number of carboxylic acid groups (broad SMARTS) is 1. The van der Waals surface area contributed by atoms with Crippen molar-refractivity contribution in [2.75, 3.05) is 0 Å². The van der Waals surface area contributed by atoms with Gasteiger partial charge in [0.05, 0.1) is 5.97 Å². The third-order valence-electron chi connectivity index (χ3n) is 2.44. The molecule has 3 nitrogen and oxygen atoms in total. The van der Waals surface area contributed by atoms with Gasteiger partial charge in [0, 0.05) is 0 Å². The molecular weight excluding hydrogens is 132 g/mol. The SMILES string of the molecule is O=C([O-])[C@H]1OC12CCCC2. The van der Waals surface area contributed by atoms with E-state index in [0.717, 1.165) is 25.7 Å². The fraction of sp³-hybridized carbons (Fsp3) is 0.857. The van der Waals surface area contributed by atoms with Crippen molar-refractivity contribution in [3.8, 4) is 0 Å². The van der Waals surface area contributed by atoms with Crippen LogP contribution in [0.5, 0.6) is 0 Å². The molecule has 0 aromatic rings. The van der Waals surface area contributed by atoms with Crippen LogP contribution in [-0.4, -0.2) is 17.7 Å². The van der Waals surface area contributed by atoms with Gasteiger partial charge in [0.1, 0.15) is 11.7 Å². The Bertz CT molecular complexity index is 170. The maximum Gasteiger partial charge on any atom is 0.127 e. The van der Waals surface area contributed by atoms with Crippen LogP contribution >= 0.6 is 0 Å². The normalized spacial score (nSPS) is 34.6. The molecule has 2 rings (SSSR count). The number of carbonyl (C=O) groups excluding carboxylic acids is 1. The van der Waals surface area contributed by atoms with E-state index in [1.807, 2.05) is 0 Å². The summed E-state index contributed by atoms with van der Waals surface area (Å²) in [4.78, 5) is 10.3. The molecule has 1 heterocycles. The van der Waals surface area contributed by atoms with Gasteiger partial charge in [-0.15, -0.1) is 0 Å². The zero-order chi connectivity index (χ0) is 7.19. The predicted molar refractivity (Wildman–Crippen MR) is 31.1 cm³/mol. The van der Waals surface area contributed by atoms with Crippen LogP contribution in [0, 0.1) is 0 Å². The first-order chi connectivity index (χ1) is 4.75. The Hall–Kier alpha value is -0.570. The van der Waals surface area contributed by atoms with E-state index in [9.17, 15) is 9.90 Å². The molecule has 1 aliphatic carbocycles. The second-order valence-electron chi connectivity index (χ2n) is 3.09. The Morgan fingerprint density at radius 2 is 2.10 bits per heavy atom. The number of carboxylic acids is 1. The molecule has 10 heavy (non-hydrogen) atoms. The number of hydrogen-bond acceptors (Lipinski definition) is 3. The number of aliphatic carboxylic acids is 1. The van der Waals surface area contributed by atoms with Gasteiger partial charge in [-0.25, -0.2) is 0 Å². The van der Waals surface area contributed by atoms with Gasteiger partial charge >= 0.3 is 0 Å². The number of epoxide rings is 1. The van der Waals surface area contributed by atoms with Crippen LogP contribution < -0.4 is 5.11 Å². The molecule has 1 saturated heterocycles. The minimum atomic E-state index is -1.04. The molecule has 0 radical (unpaired) electrons. The van der Waals surface area contributed by atoms with Gasteiger partial charge in [0.15, 0.2) is 0 Å². The summed E-state index contributed by atoms with van der Waals surface area (Å²) in [6.45, 7) is 0. The van der Waals surface area contributed by atoms with Crippen LogP contribution in [0.4, 0.5) is 0 Å². The van der Waals surface area contributed by atoms with Gasteiger partial charge in [-0.2, -0.15) is 0 Å². The number of carbonyl (C=O) groups is 1. The highest BCUT2D eigenvalue weighted by Gasteiger charge is 2.58. The Labute approximate surface area is 59.0 Å². The summed E-state index contributed by atoms with van der Waals surface area (Å²) in [5, 5.41) is 10.3. The second-order valence-corrected chi connectivity index (χ2v) is 3.09. The first-order valence-corrected chi connectivity index (χ1v) is 3.63. The van der Waals surface area contributed by atoms with Crippen molar-refractivity contribution in [3.63, 3.8) is 0 Å². The standard InChI is InChI=1S/C7H10O3/c8-6(9)5-7(10-5)3-1-2-4-7/h5H,1-4H2,(H,8,9)/p-1/t5-/m1/s1. The minimum Gasteiger partial charge on any atom is -0.547 e. The van der Waals surface area contributed by atoms with E-state index in [0.29, 0.717) is 0 Å². The van der Waals surface area contributed by atoms with E-state index >= 15 is 0 Å². The molecule has 2 fully saturated rings. The Morgan fingerprint density at radius 3 is 2.50 bits per heavy atom. The van der Waals surface area contributed by atoms with Gasteiger partial charge in [-0.3, -0.25) is 0 Å². The van der Waals surface area contributed by atoms with Crippen molar-refractivity contribution >= 4 is 5.97 Å². The summed E-state index contributed by atoms with van der Waals surface area (Å²) in [7, 11) is 0. The van der Waals surface area contributed by atoms with E-state index in [2.05, 4.69) is 0 Å². The summed E-state index contributed by atoms with van der Waals surface area (Å²) >= 11 is 0. The average Bonchev–Trinajstić information content (AvgIpc) is 2.32. The Morgan fingerprint density at radius 1 is 1.50 bits per heavy atom. The molecule has 2 aliphatic rings. The van der Waals surface area contributed by atoms with E-state index in [1.165, 1.54) is 0 Å². The van der Waals surface area contributed by atoms with Gasteiger partial charge < -0.3 is 14.6 Å². The van der Waals surface area contributed by atoms with Gasteiger partial charge in [0.2, 0.25) is 0 Å². The molecule has 1 saturated carbocycles. The van der Waals surface area contributed by atoms with Gasteiger partial charge in [-0.1, -0.05) is 12.8 Å². The van der Waals surface area contributed by atoms with Crippen molar-refractivity contribution in [2.24, 2.45) is 0 Å². The van der Waals surface area contributed by atoms with Crippen molar-refractivity contribution in [1.29, 1.82) is 0 Å². The van der Waals surface area contributed by atoms with Crippen molar-refractivity contribution in [2.45, 2.75) is 37.4 Å². The number of ether oxygens (including phenoxy) is 1. The van der Waals surface area contributed by atoms with Crippen LogP contribution in [0.3, 0.4) is 0 Å². The maximum absolute atomic E-state index is 10.3. The lowest BCUT2D eigenvalue weighted by Gasteiger charge is -2.00. The molecule has 0 N–H and O–H groups in total. The maximum atomic E-state index is 10.3. The van der Waals surface area contributed by atoms with E-state index in [1.54, 1.807) is 0 Å². The largest absolute Gasteiger partial charge is 0.547 e. The minimum absolute atomic E-state index is 0.279. The molecule has 1 aliphatic heterocycles. The lowest BCUT2D eigenvalue weighted by Crippen LogP contribution is -2.32. The quantitative estimate of drug-likeness (QED) is 0.460. The number of hydrogen-bond donors (Lipinski definition) is 0. The second kappa shape index (κ2) is 1.72. The molecule has 3 heteroatoms. The third kappa shape index (κ3) is 0.669. The van der Waals surface area contributed by atoms with Crippen molar-refractivity contribution < 1.29 is 14.6 Å². The van der Waals surface area contributed by atoms with Gasteiger partial charge in [0.25, 0.3) is 0 Å². The van der Waals surface area contributed by atoms with Crippen LogP contribution in [-0.2, 0) is 9.53 Å². The molecule has 0 bridgehead atoms. The van der Waals surface area contributed by atoms with E-state index < -0.39 is 12.1 Å². The van der Waals surface area contributed by atoms with Crippen LogP contribution in [0.2, 0.25) is 0 Å². The fourth-order valence-electron chi connectivity index (χ4n) is 1.82. The highest BCUT2D eigenvalue weighted by Crippen LogP contribution is 2.49. The monoisotopic (exact) mass is 141 g/mol. The molecule has 0 unspecified atom stereocenters. The fourth-order valence-corrected chi connectivity index (χ4v) is 1.82. The Balaban J connectivity index is 2.04. The topological polar surface area (TPSA) is 52.7 Å². The Kier molecular flexibility index (Phi) is 1.06. The lowest BCUT2D eigenvalue weighted by molar-refractivity contribution is -0.307. The molecule has 0 aromatic heterocycles. The van der Waals surface area contributed by atoms with Crippen LogP contribution in [0.25, 0.3) is 0 Å². The van der Waals surface area contributed by atoms with E-state index in [-0.39, 0.29) is 5.60 Å². The summed E-state index contributed by atoms with van der Waals surface area (Å²) in [5.41, 5.74) is -0.279. The summed E-state index contributed by atoms with van der Waals surface area (Å²) < 4.78 is 5.06. The highest BCUT2D eigenvalue weighted by atomic mass is 16.6. The smallest absolute Gasteiger partial charge is 0.127 e. The number of rotatable bonds is 1. The average molecular weight is 141 g/mol. The van der Waals surface area contributed by atoms with E-state index in [4.69, 9.17) is 4.74 Å². The predicted octanol–water partition coefficient (Wildman–Crippen LogP) is -0.552. The first kappa shape index (κ1) is 6.16. The summed E-state index contributed by atoms with van der Waals surface area (Å²) in [5.74, 6) is -1.04. The molecular formula is C7H9O3-. The third-order valence-corrected chi connectivity index (χ3v) is 2.44. The summed E-state index contributed by atoms with van der Waals surface area (Å²) in [6.07, 6.45) is 3.43. The zero-order valence-electron chi connectivity index (χ0n) is 5.63. The first-order valence-electron chi connectivity index (χ1n) is 3.63. The highest BCUT2D eigenvalue weighted by molar-refractivity contribution is 5.75. The molecule has 0 aromatic carbocycles. The van der Waals surface area contributed by atoms with Gasteiger partial charge in [-0.05, 0) is 12.8 Å². The molecule has 1 spiro atoms. The zero-order valence-corrected chi connectivity index (χ0v) is 5.63. The van der Waals surface area contributed by atoms with Crippen molar-refractivity contribution in [3.05, 3.63) is 0 Å². The summed E-state index contributed by atoms with van der Waals surface area (Å²) in [6, 6.07) is 0. The van der Waals surface area contributed by atoms with Crippen molar-refractivity contribution in [1.82, 2.24) is 0 Å². The molecule has 56 valence electrons. The van der Waals surface area contributed by atoms with Crippen LogP contribution in [0.15, 0.2) is 0 Å². The molecule has 0 amide bonds. The van der Waals surface area contributed by atoms with Crippen LogP contribution in [0.1, 0.15) is 25.7 Å².